The van der Waals surface area contributed by atoms with Crippen LogP contribution in [0.3, 0.4) is 0 Å². The van der Waals surface area contributed by atoms with Gasteiger partial charge in [-0.05, 0) is 53.3 Å². The number of hydrogen-bond donors (Lipinski definition) is 1. The van der Waals surface area contributed by atoms with E-state index in [0.717, 1.165) is 17.5 Å². The van der Waals surface area contributed by atoms with E-state index in [4.69, 9.17) is 0 Å². The average Bonchev–Trinajstić information content (AvgIpc) is 2.86. The Balaban J connectivity index is 1.44. The van der Waals surface area contributed by atoms with Crippen LogP contribution in [0.25, 0.3) is 0 Å². The molecular formula is C27H26N2O4S. The standard InChI is InChI=1S/C27H26N2O4S/c30-26-13-10-21-16-23(11-12-25(21)28-26)34(32,33)18-24(20-7-2-1-3-8-20)27(31)29-15-14-19-6-4-5-9-22(19)17-29/h1-9,11-12,16,24H,10,13-15,17-18H2,(H,28,30). The van der Waals surface area contributed by atoms with Crippen molar-refractivity contribution >= 4 is 27.3 Å². The highest BCUT2D eigenvalue weighted by atomic mass is 32.2. The molecule has 174 valence electrons. The van der Waals surface area contributed by atoms with Crippen molar-refractivity contribution in [3.63, 3.8) is 0 Å². The van der Waals surface area contributed by atoms with Crippen molar-refractivity contribution in [3.8, 4) is 0 Å². The van der Waals surface area contributed by atoms with Crippen molar-refractivity contribution < 1.29 is 18.0 Å². The van der Waals surface area contributed by atoms with Crippen LogP contribution in [0.4, 0.5) is 5.69 Å². The molecule has 0 spiro atoms. The molecule has 34 heavy (non-hydrogen) atoms. The Labute approximate surface area is 199 Å². The van der Waals surface area contributed by atoms with Gasteiger partial charge in [0, 0.05) is 25.2 Å². The molecule has 3 aromatic carbocycles. The minimum Gasteiger partial charge on any atom is -0.337 e. The number of fused-ring (bicyclic) bond motifs is 2. The lowest BCUT2D eigenvalue weighted by molar-refractivity contribution is -0.133. The summed E-state index contributed by atoms with van der Waals surface area (Å²) in [4.78, 5) is 27.3. The van der Waals surface area contributed by atoms with Gasteiger partial charge in [-0.25, -0.2) is 8.42 Å². The van der Waals surface area contributed by atoms with Crippen molar-refractivity contribution in [2.24, 2.45) is 0 Å². The minimum atomic E-state index is -3.76. The zero-order valence-corrected chi connectivity index (χ0v) is 19.6. The highest BCUT2D eigenvalue weighted by Crippen LogP contribution is 2.30. The van der Waals surface area contributed by atoms with Crippen LogP contribution in [0.1, 0.15) is 34.6 Å². The summed E-state index contributed by atoms with van der Waals surface area (Å²) in [7, 11) is -3.76. The van der Waals surface area contributed by atoms with Crippen LogP contribution >= 0.6 is 0 Å². The summed E-state index contributed by atoms with van der Waals surface area (Å²) in [5.41, 5.74) is 4.49. The van der Waals surface area contributed by atoms with Crippen molar-refractivity contribution in [3.05, 3.63) is 95.1 Å². The summed E-state index contributed by atoms with van der Waals surface area (Å²) in [5, 5.41) is 2.78. The number of carbonyl (C=O) groups excluding carboxylic acids is 2. The van der Waals surface area contributed by atoms with E-state index < -0.39 is 15.8 Å². The zero-order chi connectivity index (χ0) is 23.7. The van der Waals surface area contributed by atoms with Crippen LogP contribution < -0.4 is 5.32 Å². The van der Waals surface area contributed by atoms with Crippen molar-refractivity contribution in [2.45, 2.75) is 36.6 Å². The molecule has 2 heterocycles. The van der Waals surface area contributed by atoms with Gasteiger partial charge in [-0.3, -0.25) is 9.59 Å². The number of hydrogen-bond acceptors (Lipinski definition) is 4. The molecule has 0 aliphatic carbocycles. The van der Waals surface area contributed by atoms with Crippen LogP contribution in [-0.4, -0.2) is 37.4 Å². The van der Waals surface area contributed by atoms with Gasteiger partial charge in [0.05, 0.1) is 16.6 Å². The lowest BCUT2D eigenvalue weighted by Crippen LogP contribution is -2.40. The summed E-state index contributed by atoms with van der Waals surface area (Å²) >= 11 is 0. The van der Waals surface area contributed by atoms with Crippen LogP contribution in [0.2, 0.25) is 0 Å². The SMILES string of the molecule is O=C1CCc2cc(S(=O)(=O)CC(C(=O)N3CCc4ccccc4C3)c3ccccc3)ccc2N1. The molecule has 0 fully saturated rings. The molecule has 5 rings (SSSR count). The Morgan fingerprint density at radius 3 is 2.41 bits per heavy atom. The molecule has 1 atom stereocenters. The van der Waals surface area contributed by atoms with E-state index in [1.165, 1.54) is 11.6 Å². The normalized spacial score (nSPS) is 16.2. The molecule has 1 N–H and O–H groups in total. The average molecular weight is 475 g/mol. The first-order chi connectivity index (χ1) is 16.4. The second-order valence-electron chi connectivity index (χ2n) is 8.89. The molecule has 0 saturated carbocycles. The molecule has 7 heteroatoms. The van der Waals surface area contributed by atoms with Gasteiger partial charge < -0.3 is 10.2 Å². The fraction of sp³-hybridized carbons (Fsp3) is 0.259. The van der Waals surface area contributed by atoms with Crippen molar-refractivity contribution in [2.75, 3.05) is 17.6 Å². The number of rotatable bonds is 5. The van der Waals surface area contributed by atoms with Crippen LogP contribution in [0.5, 0.6) is 0 Å². The van der Waals surface area contributed by atoms with Gasteiger partial charge in [0.25, 0.3) is 0 Å². The summed E-state index contributed by atoms with van der Waals surface area (Å²) in [6, 6.07) is 22.0. The minimum absolute atomic E-state index is 0.0686. The zero-order valence-electron chi connectivity index (χ0n) is 18.7. The highest BCUT2D eigenvalue weighted by Gasteiger charge is 2.33. The van der Waals surface area contributed by atoms with Gasteiger partial charge >= 0.3 is 0 Å². The van der Waals surface area contributed by atoms with Crippen LogP contribution in [0, 0.1) is 0 Å². The van der Waals surface area contributed by atoms with Gasteiger partial charge in [0.1, 0.15) is 0 Å². The maximum atomic E-state index is 13.7. The van der Waals surface area contributed by atoms with Gasteiger partial charge in [-0.1, -0.05) is 54.6 Å². The van der Waals surface area contributed by atoms with E-state index in [1.807, 2.05) is 48.5 Å². The fourth-order valence-electron chi connectivity index (χ4n) is 4.77. The number of anilines is 1. The van der Waals surface area contributed by atoms with E-state index in [9.17, 15) is 18.0 Å². The lowest BCUT2D eigenvalue weighted by Gasteiger charge is -2.32. The molecule has 6 nitrogen and oxygen atoms in total. The third-order valence-corrected chi connectivity index (χ3v) is 8.40. The molecule has 2 aliphatic rings. The topological polar surface area (TPSA) is 83.5 Å². The molecule has 2 amide bonds. The first kappa shape index (κ1) is 22.3. The number of sulfone groups is 1. The monoisotopic (exact) mass is 474 g/mol. The van der Waals surface area contributed by atoms with Crippen LogP contribution in [-0.2, 0) is 38.8 Å². The number of aryl methyl sites for hydroxylation is 1. The molecule has 0 radical (unpaired) electrons. The maximum Gasteiger partial charge on any atom is 0.231 e. The lowest BCUT2D eigenvalue weighted by atomic mass is 9.95. The number of nitrogens with one attached hydrogen (secondary N) is 1. The molecule has 0 bridgehead atoms. The van der Waals surface area contributed by atoms with E-state index in [2.05, 4.69) is 11.4 Å². The van der Waals surface area contributed by atoms with Crippen molar-refractivity contribution in [1.29, 1.82) is 0 Å². The predicted octanol–water partition coefficient (Wildman–Crippen LogP) is 3.71. The molecule has 1 unspecified atom stereocenters. The summed E-state index contributed by atoms with van der Waals surface area (Å²) < 4.78 is 27.0. The summed E-state index contributed by atoms with van der Waals surface area (Å²) in [6.07, 6.45) is 1.59. The van der Waals surface area contributed by atoms with Gasteiger partial charge in [0.2, 0.25) is 11.8 Å². The Bertz CT molecular complexity index is 1350. The molecule has 0 aromatic heterocycles. The number of nitrogens with zero attached hydrogens (tertiary/aromatic N) is 1. The third kappa shape index (κ3) is 4.48. The second-order valence-corrected chi connectivity index (χ2v) is 10.9. The maximum absolute atomic E-state index is 13.7. The highest BCUT2D eigenvalue weighted by molar-refractivity contribution is 7.91. The summed E-state index contributed by atoms with van der Waals surface area (Å²) in [6.45, 7) is 1.05. The summed E-state index contributed by atoms with van der Waals surface area (Å²) in [5.74, 6) is -1.35. The first-order valence-electron chi connectivity index (χ1n) is 11.5. The molecule has 2 aliphatic heterocycles. The molecular weight excluding hydrogens is 448 g/mol. The Kier molecular flexibility index (Phi) is 5.96. The Hall–Kier alpha value is -3.45. The number of benzene rings is 3. The Morgan fingerprint density at radius 1 is 0.882 bits per heavy atom. The first-order valence-corrected chi connectivity index (χ1v) is 13.1. The predicted molar refractivity (Wildman–Crippen MR) is 130 cm³/mol. The van der Waals surface area contributed by atoms with Gasteiger partial charge in [-0.2, -0.15) is 0 Å². The van der Waals surface area contributed by atoms with Gasteiger partial charge in [-0.15, -0.1) is 0 Å². The molecule has 3 aromatic rings. The second kappa shape index (κ2) is 9.06. The van der Waals surface area contributed by atoms with Crippen LogP contribution in [0.15, 0.2) is 77.7 Å². The van der Waals surface area contributed by atoms with E-state index in [1.54, 1.807) is 17.0 Å². The fourth-order valence-corrected chi connectivity index (χ4v) is 6.33. The van der Waals surface area contributed by atoms with E-state index in [-0.39, 0.29) is 22.5 Å². The van der Waals surface area contributed by atoms with E-state index in [0.29, 0.717) is 37.2 Å². The quantitative estimate of drug-likeness (QED) is 0.611. The third-order valence-electron chi connectivity index (χ3n) is 6.66. The molecule has 0 saturated heterocycles. The number of carbonyl (C=O) groups is 2. The largest absolute Gasteiger partial charge is 0.337 e. The smallest absolute Gasteiger partial charge is 0.231 e. The number of amides is 2. The Morgan fingerprint density at radius 2 is 1.62 bits per heavy atom. The van der Waals surface area contributed by atoms with E-state index >= 15 is 0 Å². The van der Waals surface area contributed by atoms with Crippen molar-refractivity contribution in [1.82, 2.24) is 4.90 Å². The van der Waals surface area contributed by atoms with Gasteiger partial charge in [0.15, 0.2) is 9.84 Å².